The molecule has 8 heteroatoms. The Morgan fingerprint density at radius 3 is 2.63 bits per heavy atom. The molecule has 0 unspecified atom stereocenters. The molecule has 0 bridgehead atoms. The van der Waals surface area contributed by atoms with E-state index in [1.54, 1.807) is 12.3 Å². The van der Waals surface area contributed by atoms with E-state index in [1.165, 1.54) is 23.9 Å². The predicted molar refractivity (Wildman–Crippen MR) is 117 cm³/mol. The van der Waals surface area contributed by atoms with Gasteiger partial charge in [-0.25, -0.2) is 14.4 Å². The van der Waals surface area contributed by atoms with Crippen LogP contribution in [0, 0.1) is 5.82 Å². The third-order valence-electron chi connectivity index (χ3n) is 4.85. The number of carbonyl (C=O) groups excluding carboxylic acids is 1. The van der Waals surface area contributed by atoms with Crippen LogP contribution in [0.1, 0.15) is 23.0 Å². The van der Waals surface area contributed by atoms with Gasteiger partial charge >= 0.3 is 0 Å². The van der Waals surface area contributed by atoms with Gasteiger partial charge in [0, 0.05) is 11.8 Å². The molecule has 6 nitrogen and oxygen atoms in total. The van der Waals surface area contributed by atoms with Gasteiger partial charge in [0.05, 0.1) is 30.0 Å². The minimum absolute atomic E-state index is 0.0704. The lowest BCUT2D eigenvalue weighted by Gasteiger charge is -2.39. The maximum Gasteiger partial charge on any atom is 0.275 e. The first-order valence-electron chi connectivity index (χ1n) is 9.61. The molecule has 2 aromatic carbocycles. The lowest BCUT2D eigenvalue weighted by Crippen LogP contribution is -2.54. The fraction of sp³-hybridized carbons (Fsp3) is 0.227. The van der Waals surface area contributed by atoms with E-state index in [9.17, 15) is 9.18 Å². The summed E-state index contributed by atoms with van der Waals surface area (Å²) in [4.78, 5) is 22.9. The van der Waals surface area contributed by atoms with Gasteiger partial charge in [-0.15, -0.1) is 0 Å². The number of rotatable bonds is 6. The van der Waals surface area contributed by atoms with E-state index in [-0.39, 0.29) is 23.5 Å². The number of benzene rings is 2. The largest absolute Gasteiger partial charge is 0.485 e. The molecule has 1 fully saturated rings. The number of hydrogen-bond donors (Lipinski definition) is 1. The molecule has 4 rings (SSSR count). The Balaban J connectivity index is 1.31. The van der Waals surface area contributed by atoms with Crippen molar-refractivity contribution in [3.63, 3.8) is 0 Å². The lowest BCUT2D eigenvalue weighted by atomic mass is 10.1. The monoisotopic (exact) mass is 470 g/mol. The zero-order valence-electron chi connectivity index (χ0n) is 16.3. The SMILES string of the molecule is CCc1ccc(NC(=O)c2cnc(N3CC(Oc4cc(F)ccc4Br)C3)cn2)cc1. The summed E-state index contributed by atoms with van der Waals surface area (Å²) < 4.78 is 19.9. The van der Waals surface area contributed by atoms with Crippen LogP contribution < -0.4 is 15.0 Å². The molecule has 0 atom stereocenters. The average Bonchev–Trinajstić information content (AvgIpc) is 2.73. The topological polar surface area (TPSA) is 67.4 Å². The Kier molecular flexibility index (Phi) is 5.94. The van der Waals surface area contributed by atoms with Gasteiger partial charge in [-0.2, -0.15) is 0 Å². The van der Waals surface area contributed by atoms with Gasteiger partial charge < -0.3 is 15.0 Å². The van der Waals surface area contributed by atoms with Gasteiger partial charge in [0.1, 0.15) is 29.2 Å². The molecule has 2 heterocycles. The number of nitrogens with one attached hydrogen (secondary N) is 1. The van der Waals surface area contributed by atoms with E-state index in [4.69, 9.17) is 4.74 Å². The van der Waals surface area contributed by atoms with Crippen molar-refractivity contribution in [1.29, 1.82) is 0 Å². The third-order valence-corrected chi connectivity index (χ3v) is 5.50. The van der Waals surface area contributed by atoms with Crippen LogP contribution in [0.4, 0.5) is 15.9 Å². The number of hydrogen-bond acceptors (Lipinski definition) is 5. The Morgan fingerprint density at radius 2 is 1.97 bits per heavy atom. The van der Waals surface area contributed by atoms with Crippen molar-refractivity contribution in [2.75, 3.05) is 23.3 Å². The second-order valence-corrected chi connectivity index (χ2v) is 7.84. The maximum atomic E-state index is 13.4. The van der Waals surface area contributed by atoms with Crippen molar-refractivity contribution >= 4 is 33.3 Å². The standard InChI is InChI=1S/C22H20BrFN4O2/c1-2-14-3-6-16(7-4-14)27-22(29)19-10-26-21(11-25-19)28-12-17(13-28)30-20-9-15(24)5-8-18(20)23/h3-11,17H,2,12-13H2,1H3,(H,27,29). The molecule has 1 saturated heterocycles. The van der Waals surface area contributed by atoms with Gasteiger partial charge in [0.15, 0.2) is 0 Å². The molecule has 154 valence electrons. The van der Waals surface area contributed by atoms with E-state index in [1.807, 2.05) is 29.2 Å². The molecule has 0 saturated carbocycles. The van der Waals surface area contributed by atoms with E-state index in [0.717, 1.165) is 6.42 Å². The molecule has 1 N–H and O–H groups in total. The Morgan fingerprint density at radius 1 is 1.20 bits per heavy atom. The molecule has 0 aliphatic carbocycles. The minimum atomic E-state index is -0.342. The van der Waals surface area contributed by atoms with Crippen molar-refractivity contribution in [3.05, 3.63) is 76.4 Å². The van der Waals surface area contributed by atoms with Gasteiger partial charge in [0.2, 0.25) is 0 Å². The smallest absolute Gasteiger partial charge is 0.275 e. The summed E-state index contributed by atoms with van der Waals surface area (Å²) in [6.07, 6.45) is 3.91. The van der Waals surface area contributed by atoms with Gasteiger partial charge in [-0.1, -0.05) is 19.1 Å². The second-order valence-electron chi connectivity index (χ2n) is 6.98. The summed E-state index contributed by atoms with van der Waals surface area (Å²) in [5, 5.41) is 2.82. The first-order valence-corrected chi connectivity index (χ1v) is 10.4. The van der Waals surface area contributed by atoms with Crippen molar-refractivity contribution in [1.82, 2.24) is 9.97 Å². The number of amides is 1. The van der Waals surface area contributed by atoms with Crippen LogP contribution in [0.15, 0.2) is 59.3 Å². The number of nitrogens with zero attached hydrogens (tertiary/aromatic N) is 3. The highest BCUT2D eigenvalue weighted by atomic mass is 79.9. The van der Waals surface area contributed by atoms with Crippen LogP contribution in [0.2, 0.25) is 0 Å². The van der Waals surface area contributed by atoms with Gasteiger partial charge in [-0.05, 0) is 52.2 Å². The van der Waals surface area contributed by atoms with Crippen LogP contribution in [0.25, 0.3) is 0 Å². The Bertz CT molecular complexity index is 1040. The van der Waals surface area contributed by atoms with E-state index in [0.29, 0.717) is 34.8 Å². The van der Waals surface area contributed by atoms with Crippen molar-refractivity contribution in [2.45, 2.75) is 19.4 Å². The van der Waals surface area contributed by atoms with E-state index < -0.39 is 0 Å². The van der Waals surface area contributed by atoms with Crippen LogP contribution in [0.3, 0.4) is 0 Å². The fourth-order valence-corrected chi connectivity index (χ4v) is 3.41. The van der Waals surface area contributed by atoms with Gasteiger partial charge in [0.25, 0.3) is 5.91 Å². The number of ether oxygens (including phenoxy) is 1. The highest BCUT2D eigenvalue weighted by Gasteiger charge is 2.30. The molecule has 30 heavy (non-hydrogen) atoms. The third kappa shape index (κ3) is 4.59. The first kappa shape index (κ1) is 20.3. The molecule has 1 aromatic heterocycles. The Labute approximate surface area is 182 Å². The number of aryl methyl sites for hydroxylation is 1. The lowest BCUT2D eigenvalue weighted by molar-refractivity contribution is 0.102. The quantitative estimate of drug-likeness (QED) is 0.575. The van der Waals surface area contributed by atoms with Crippen LogP contribution >= 0.6 is 15.9 Å². The molecule has 0 spiro atoms. The molecule has 0 radical (unpaired) electrons. The first-order chi connectivity index (χ1) is 14.5. The highest BCUT2D eigenvalue weighted by Crippen LogP contribution is 2.29. The summed E-state index contributed by atoms with van der Waals surface area (Å²) in [5.74, 6) is 0.492. The van der Waals surface area contributed by atoms with Gasteiger partial charge in [-0.3, -0.25) is 4.79 Å². The normalized spacial score (nSPS) is 13.6. The van der Waals surface area contributed by atoms with Crippen molar-refractivity contribution < 1.29 is 13.9 Å². The molecular formula is C22H20BrFN4O2. The summed E-state index contributed by atoms with van der Waals surface area (Å²) in [6.45, 7) is 3.29. The summed E-state index contributed by atoms with van der Waals surface area (Å²) in [7, 11) is 0. The highest BCUT2D eigenvalue weighted by molar-refractivity contribution is 9.10. The van der Waals surface area contributed by atoms with Crippen molar-refractivity contribution in [3.8, 4) is 5.75 Å². The van der Waals surface area contributed by atoms with Crippen LogP contribution in [0.5, 0.6) is 5.75 Å². The van der Waals surface area contributed by atoms with Crippen LogP contribution in [-0.2, 0) is 6.42 Å². The van der Waals surface area contributed by atoms with E-state index in [2.05, 4.69) is 38.1 Å². The molecule has 1 aliphatic rings. The number of aromatic nitrogens is 2. The number of anilines is 2. The average molecular weight is 471 g/mol. The minimum Gasteiger partial charge on any atom is -0.485 e. The molecule has 1 aliphatic heterocycles. The number of halogens is 2. The maximum absolute atomic E-state index is 13.4. The summed E-state index contributed by atoms with van der Waals surface area (Å²) in [5.41, 5.74) is 2.17. The van der Waals surface area contributed by atoms with Crippen molar-refractivity contribution in [2.24, 2.45) is 0 Å². The molecular weight excluding hydrogens is 451 g/mol. The van der Waals surface area contributed by atoms with Crippen LogP contribution in [-0.4, -0.2) is 35.1 Å². The van der Waals surface area contributed by atoms with E-state index >= 15 is 0 Å². The summed E-state index contributed by atoms with van der Waals surface area (Å²) in [6, 6.07) is 12.1. The zero-order valence-corrected chi connectivity index (χ0v) is 17.9. The summed E-state index contributed by atoms with van der Waals surface area (Å²) >= 11 is 3.36. The number of carbonyl (C=O) groups is 1. The second kappa shape index (κ2) is 8.79. The Hall–Kier alpha value is -3.00. The molecule has 1 amide bonds. The fourth-order valence-electron chi connectivity index (χ4n) is 3.07. The molecule has 3 aromatic rings. The zero-order chi connectivity index (χ0) is 21.1. The predicted octanol–water partition coefficient (Wildman–Crippen LogP) is 4.46.